The molecule has 0 aromatic carbocycles. The number of anilines is 1. The van der Waals surface area contributed by atoms with Crippen molar-refractivity contribution in [2.24, 2.45) is 0 Å². The number of likely N-dealkylation sites (N-methyl/N-ethyl adjacent to an activating group) is 1. The van der Waals surface area contributed by atoms with Crippen LogP contribution in [0.2, 0.25) is 0 Å². The molecule has 3 aromatic rings. The number of fused-ring (bicyclic) bond motifs is 1. The minimum Gasteiger partial charge on any atom is -0.368 e. The van der Waals surface area contributed by atoms with Crippen LogP contribution in [0.5, 0.6) is 0 Å². The average Bonchev–Trinajstić information content (AvgIpc) is 3.17. The molecule has 2 aliphatic heterocycles. The molecule has 0 bridgehead atoms. The van der Waals surface area contributed by atoms with E-state index in [9.17, 15) is 4.79 Å². The normalized spacial score (nSPS) is 19.9. The van der Waals surface area contributed by atoms with Crippen molar-refractivity contribution in [3.8, 4) is 11.4 Å². The fraction of sp³-hybridized carbons (Fsp3) is 0.450. The molecule has 5 heterocycles. The molecule has 3 aromatic heterocycles. The molecule has 1 amide bonds. The van der Waals surface area contributed by atoms with Gasteiger partial charge in [-0.2, -0.15) is 4.52 Å². The standard InChI is InChI=1S/C20H23N7O2/c1-25(20(28)16-6-2-3-10-29-16)15-12-26(13-15)18-8-7-17-22-23-19(27(17)24-18)14-5-4-9-21-11-14/h4-5,7-9,11,15-16H,2-3,6,10,12-13H2,1H3. The Morgan fingerprint density at radius 1 is 1.21 bits per heavy atom. The minimum atomic E-state index is -0.281. The summed E-state index contributed by atoms with van der Waals surface area (Å²) in [5, 5.41) is 13.2. The van der Waals surface area contributed by atoms with Crippen LogP contribution in [0.25, 0.3) is 17.0 Å². The highest BCUT2D eigenvalue weighted by Gasteiger charge is 2.36. The van der Waals surface area contributed by atoms with Gasteiger partial charge in [-0.3, -0.25) is 9.78 Å². The van der Waals surface area contributed by atoms with Crippen LogP contribution in [0.15, 0.2) is 36.7 Å². The van der Waals surface area contributed by atoms with E-state index in [0.717, 1.165) is 43.7 Å². The number of carbonyl (C=O) groups excluding carboxylic acids is 1. The molecule has 2 fully saturated rings. The van der Waals surface area contributed by atoms with Crippen molar-refractivity contribution in [3.05, 3.63) is 36.7 Å². The molecule has 1 unspecified atom stereocenters. The summed E-state index contributed by atoms with van der Waals surface area (Å²) in [6.07, 6.45) is 6.12. The van der Waals surface area contributed by atoms with E-state index in [1.165, 1.54) is 0 Å². The quantitative estimate of drug-likeness (QED) is 0.662. The Labute approximate surface area is 168 Å². The predicted molar refractivity (Wildman–Crippen MR) is 106 cm³/mol. The first kappa shape index (κ1) is 18.0. The first-order valence-corrected chi connectivity index (χ1v) is 9.97. The van der Waals surface area contributed by atoms with E-state index in [0.29, 0.717) is 18.1 Å². The van der Waals surface area contributed by atoms with E-state index in [1.54, 1.807) is 16.9 Å². The van der Waals surface area contributed by atoms with Crippen molar-refractivity contribution in [1.82, 2.24) is 29.7 Å². The summed E-state index contributed by atoms with van der Waals surface area (Å²) in [6.45, 7) is 2.18. The lowest BCUT2D eigenvalue weighted by atomic mass is 10.0. The molecule has 150 valence electrons. The molecule has 2 aliphatic rings. The molecule has 9 nitrogen and oxygen atoms in total. The van der Waals surface area contributed by atoms with Gasteiger partial charge in [0.15, 0.2) is 11.5 Å². The number of rotatable bonds is 4. The van der Waals surface area contributed by atoms with Crippen molar-refractivity contribution in [3.63, 3.8) is 0 Å². The Balaban J connectivity index is 1.29. The third-order valence-corrected chi connectivity index (χ3v) is 5.71. The molecular weight excluding hydrogens is 370 g/mol. The van der Waals surface area contributed by atoms with Crippen LogP contribution in [-0.2, 0) is 9.53 Å². The summed E-state index contributed by atoms with van der Waals surface area (Å²) in [5.41, 5.74) is 1.55. The lowest BCUT2D eigenvalue weighted by Crippen LogP contribution is -2.61. The average molecular weight is 393 g/mol. The summed E-state index contributed by atoms with van der Waals surface area (Å²) < 4.78 is 7.39. The van der Waals surface area contributed by atoms with Gasteiger partial charge in [0.05, 0.1) is 6.04 Å². The number of amides is 1. The number of hydrogen-bond acceptors (Lipinski definition) is 7. The van der Waals surface area contributed by atoms with Crippen LogP contribution in [0.4, 0.5) is 5.82 Å². The second kappa shape index (κ2) is 7.40. The second-order valence-corrected chi connectivity index (χ2v) is 7.59. The van der Waals surface area contributed by atoms with E-state index in [4.69, 9.17) is 9.84 Å². The molecule has 0 spiro atoms. The maximum absolute atomic E-state index is 12.7. The van der Waals surface area contributed by atoms with Crippen molar-refractivity contribution in [1.29, 1.82) is 0 Å². The van der Waals surface area contributed by atoms with Gasteiger partial charge in [-0.25, -0.2) is 0 Å². The summed E-state index contributed by atoms with van der Waals surface area (Å²) >= 11 is 0. The van der Waals surface area contributed by atoms with Gasteiger partial charge >= 0.3 is 0 Å². The third-order valence-electron chi connectivity index (χ3n) is 5.71. The van der Waals surface area contributed by atoms with Crippen LogP contribution in [0, 0.1) is 0 Å². The van der Waals surface area contributed by atoms with E-state index < -0.39 is 0 Å². The first-order chi connectivity index (χ1) is 14.2. The zero-order valence-electron chi connectivity index (χ0n) is 16.3. The molecule has 9 heteroatoms. The van der Waals surface area contributed by atoms with E-state index in [1.807, 2.05) is 36.2 Å². The lowest BCUT2D eigenvalue weighted by Gasteiger charge is -2.45. The molecule has 0 saturated carbocycles. The Morgan fingerprint density at radius 2 is 2.10 bits per heavy atom. The molecule has 0 radical (unpaired) electrons. The molecular formula is C20H23N7O2. The summed E-state index contributed by atoms with van der Waals surface area (Å²) in [7, 11) is 1.87. The molecule has 0 aliphatic carbocycles. The van der Waals surface area contributed by atoms with Crippen LogP contribution >= 0.6 is 0 Å². The second-order valence-electron chi connectivity index (χ2n) is 7.59. The molecule has 2 saturated heterocycles. The number of pyridine rings is 1. The van der Waals surface area contributed by atoms with Gasteiger partial charge in [-0.15, -0.1) is 15.3 Å². The van der Waals surface area contributed by atoms with E-state index in [2.05, 4.69) is 20.1 Å². The van der Waals surface area contributed by atoms with Gasteiger partial charge in [0.1, 0.15) is 11.9 Å². The molecule has 0 N–H and O–H groups in total. The highest BCUT2D eigenvalue weighted by molar-refractivity contribution is 5.81. The first-order valence-electron chi connectivity index (χ1n) is 9.97. The van der Waals surface area contributed by atoms with Gasteiger partial charge in [-0.05, 0) is 43.5 Å². The van der Waals surface area contributed by atoms with Gasteiger partial charge in [0.2, 0.25) is 0 Å². The zero-order chi connectivity index (χ0) is 19.8. The topological polar surface area (TPSA) is 88.8 Å². The Bertz CT molecular complexity index is 1010. The third kappa shape index (κ3) is 3.31. The molecule has 1 atom stereocenters. The zero-order valence-corrected chi connectivity index (χ0v) is 16.3. The highest BCUT2D eigenvalue weighted by Crippen LogP contribution is 2.25. The van der Waals surface area contributed by atoms with Crippen molar-refractivity contribution in [2.45, 2.75) is 31.4 Å². The summed E-state index contributed by atoms with van der Waals surface area (Å²) in [6, 6.07) is 7.82. The lowest BCUT2D eigenvalue weighted by molar-refractivity contribution is -0.147. The van der Waals surface area contributed by atoms with Gasteiger partial charge in [0.25, 0.3) is 5.91 Å². The number of nitrogens with zero attached hydrogens (tertiary/aromatic N) is 7. The smallest absolute Gasteiger partial charge is 0.251 e. The van der Waals surface area contributed by atoms with Gasteiger partial charge in [-0.1, -0.05) is 0 Å². The molecule has 29 heavy (non-hydrogen) atoms. The largest absolute Gasteiger partial charge is 0.368 e. The maximum atomic E-state index is 12.7. The van der Waals surface area contributed by atoms with Gasteiger partial charge in [0, 0.05) is 44.7 Å². The van der Waals surface area contributed by atoms with E-state index in [-0.39, 0.29) is 18.1 Å². The number of carbonyl (C=O) groups is 1. The fourth-order valence-electron chi connectivity index (χ4n) is 3.85. The van der Waals surface area contributed by atoms with Crippen molar-refractivity contribution >= 4 is 17.4 Å². The van der Waals surface area contributed by atoms with Crippen LogP contribution in [-0.4, -0.2) is 74.5 Å². The number of ether oxygens (including phenoxy) is 1. The fourth-order valence-corrected chi connectivity index (χ4v) is 3.85. The van der Waals surface area contributed by atoms with Crippen molar-refractivity contribution < 1.29 is 9.53 Å². The van der Waals surface area contributed by atoms with E-state index >= 15 is 0 Å². The maximum Gasteiger partial charge on any atom is 0.251 e. The minimum absolute atomic E-state index is 0.0930. The number of aromatic nitrogens is 5. The van der Waals surface area contributed by atoms with Crippen LogP contribution in [0.3, 0.4) is 0 Å². The van der Waals surface area contributed by atoms with Crippen LogP contribution in [0.1, 0.15) is 19.3 Å². The Morgan fingerprint density at radius 3 is 2.86 bits per heavy atom. The Hall–Kier alpha value is -3.07. The highest BCUT2D eigenvalue weighted by atomic mass is 16.5. The SMILES string of the molecule is CN(C(=O)C1CCCCO1)C1CN(c2ccc3nnc(-c4cccnc4)n3n2)C1. The number of hydrogen-bond donors (Lipinski definition) is 0. The monoisotopic (exact) mass is 393 g/mol. The summed E-state index contributed by atoms with van der Waals surface area (Å²) in [5.74, 6) is 1.60. The van der Waals surface area contributed by atoms with Crippen LogP contribution < -0.4 is 4.90 Å². The Kier molecular flexibility index (Phi) is 4.59. The van der Waals surface area contributed by atoms with Crippen molar-refractivity contribution in [2.75, 3.05) is 31.6 Å². The molecule has 5 rings (SSSR count). The van der Waals surface area contributed by atoms with Gasteiger partial charge < -0.3 is 14.5 Å². The summed E-state index contributed by atoms with van der Waals surface area (Å²) in [4.78, 5) is 20.8. The predicted octanol–water partition coefficient (Wildman–Crippen LogP) is 1.40.